The second-order valence-electron chi connectivity index (χ2n) is 8.10. The van der Waals surface area contributed by atoms with Crippen LogP contribution >= 0.6 is 0 Å². The number of anilines is 1. The Hall–Kier alpha value is -3.75. The van der Waals surface area contributed by atoms with Crippen molar-refractivity contribution < 1.29 is 17.7 Å². The van der Waals surface area contributed by atoms with Gasteiger partial charge < -0.3 is 9.84 Å². The highest BCUT2D eigenvalue weighted by atomic mass is 32.2. The molecule has 7 nitrogen and oxygen atoms in total. The number of aromatic nitrogens is 1. The molecule has 1 aromatic heterocycles. The largest absolute Gasteiger partial charge is 0.355 e. The van der Waals surface area contributed by atoms with Crippen LogP contribution in [0.25, 0.3) is 11.3 Å². The van der Waals surface area contributed by atoms with E-state index in [1.807, 2.05) is 62.4 Å². The highest BCUT2D eigenvalue weighted by Crippen LogP contribution is 2.24. The average Bonchev–Trinajstić information content (AvgIpc) is 3.32. The number of carbonyl (C=O) groups is 1. The van der Waals surface area contributed by atoms with Crippen LogP contribution < -0.4 is 5.32 Å². The summed E-state index contributed by atoms with van der Waals surface area (Å²) < 4.78 is 32.4. The number of hydrogen-bond acceptors (Lipinski definition) is 5. The lowest BCUT2D eigenvalue weighted by Crippen LogP contribution is -2.26. The van der Waals surface area contributed by atoms with Gasteiger partial charge in [-0.05, 0) is 60.9 Å². The molecule has 0 atom stereocenters. The van der Waals surface area contributed by atoms with E-state index in [4.69, 9.17) is 4.52 Å². The van der Waals surface area contributed by atoms with Gasteiger partial charge in [0.15, 0.2) is 11.5 Å². The molecule has 0 aliphatic heterocycles. The van der Waals surface area contributed by atoms with E-state index in [9.17, 15) is 13.2 Å². The first-order valence-electron chi connectivity index (χ1n) is 10.7. The summed E-state index contributed by atoms with van der Waals surface area (Å²) in [5, 5.41) is 6.59. The van der Waals surface area contributed by atoms with Crippen LogP contribution in [0.2, 0.25) is 0 Å². The summed E-state index contributed by atoms with van der Waals surface area (Å²) in [7, 11) is -2.14. The summed E-state index contributed by atoms with van der Waals surface area (Å²) in [5.41, 5.74) is 4.59. The summed E-state index contributed by atoms with van der Waals surface area (Å²) >= 11 is 0. The predicted molar refractivity (Wildman–Crippen MR) is 131 cm³/mol. The summed E-state index contributed by atoms with van der Waals surface area (Å²) in [4.78, 5) is 12.8. The zero-order valence-corrected chi connectivity index (χ0v) is 20.0. The van der Waals surface area contributed by atoms with Crippen LogP contribution in [0.4, 0.5) is 5.69 Å². The lowest BCUT2D eigenvalue weighted by Gasteiger charge is -2.17. The molecule has 0 aliphatic carbocycles. The Morgan fingerprint density at radius 3 is 2.32 bits per heavy atom. The number of sulfonamides is 1. The quantitative estimate of drug-likeness (QED) is 0.405. The monoisotopic (exact) mass is 475 g/mol. The number of amides is 1. The first-order valence-corrected chi connectivity index (χ1v) is 12.1. The van der Waals surface area contributed by atoms with Gasteiger partial charge >= 0.3 is 0 Å². The Labute approximate surface area is 199 Å². The predicted octanol–water partition coefficient (Wildman–Crippen LogP) is 5.03. The second kappa shape index (κ2) is 9.62. The zero-order chi connectivity index (χ0) is 24.3. The van der Waals surface area contributed by atoms with Crippen molar-refractivity contribution in [2.75, 3.05) is 12.4 Å². The van der Waals surface area contributed by atoms with Crippen molar-refractivity contribution in [3.8, 4) is 11.3 Å². The molecule has 0 saturated carbocycles. The normalized spacial score (nSPS) is 11.5. The topological polar surface area (TPSA) is 92.5 Å². The number of benzene rings is 3. The fourth-order valence-electron chi connectivity index (χ4n) is 3.42. The van der Waals surface area contributed by atoms with Crippen molar-refractivity contribution in [3.05, 3.63) is 101 Å². The Balaban J connectivity index is 1.44. The van der Waals surface area contributed by atoms with Crippen molar-refractivity contribution in [2.24, 2.45) is 0 Å². The van der Waals surface area contributed by atoms with E-state index < -0.39 is 15.9 Å². The maximum atomic E-state index is 12.9. The van der Waals surface area contributed by atoms with Crippen molar-refractivity contribution in [3.63, 3.8) is 0 Å². The van der Waals surface area contributed by atoms with Gasteiger partial charge in [0.05, 0.1) is 4.90 Å². The van der Waals surface area contributed by atoms with Gasteiger partial charge in [-0.25, -0.2) is 8.42 Å². The van der Waals surface area contributed by atoms with Gasteiger partial charge in [-0.1, -0.05) is 47.6 Å². The van der Waals surface area contributed by atoms with Gasteiger partial charge in [-0.2, -0.15) is 4.31 Å². The first-order chi connectivity index (χ1) is 16.2. The number of aryl methyl sites for hydroxylation is 2. The van der Waals surface area contributed by atoms with Gasteiger partial charge in [-0.15, -0.1) is 0 Å². The number of carbonyl (C=O) groups excluding carboxylic acids is 1. The number of rotatable bonds is 7. The molecular formula is C26H25N3O4S. The average molecular weight is 476 g/mol. The number of hydrogen-bond donors (Lipinski definition) is 1. The molecule has 174 valence electrons. The SMILES string of the molecule is Cc1ccc(-c2cc(C(=O)Nc3ccc(S(=O)(=O)N(C)Cc4ccccc4)cc3)no2)cc1C. The maximum absolute atomic E-state index is 12.9. The zero-order valence-electron chi connectivity index (χ0n) is 19.1. The van der Waals surface area contributed by atoms with Crippen LogP contribution in [0.5, 0.6) is 0 Å². The van der Waals surface area contributed by atoms with Crippen LogP contribution in [-0.4, -0.2) is 30.8 Å². The minimum Gasteiger partial charge on any atom is -0.355 e. The molecule has 4 rings (SSSR count). The molecule has 0 fully saturated rings. The van der Waals surface area contributed by atoms with Crippen LogP contribution in [0, 0.1) is 13.8 Å². The number of nitrogens with one attached hydrogen (secondary N) is 1. The van der Waals surface area contributed by atoms with Crippen molar-refractivity contribution >= 4 is 21.6 Å². The second-order valence-corrected chi connectivity index (χ2v) is 10.1. The molecule has 0 spiro atoms. The van der Waals surface area contributed by atoms with E-state index in [1.54, 1.807) is 18.2 Å². The number of nitrogens with zero attached hydrogens (tertiary/aromatic N) is 2. The molecule has 3 aromatic carbocycles. The fourth-order valence-corrected chi connectivity index (χ4v) is 4.58. The maximum Gasteiger partial charge on any atom is 0.277 e. The van der Waals surface area contributed by atoms with Gasteiger partial charge in [-0.3, -0.25) is 4.79 Å². The fraction of sp³-hybridized carbons (Fsp3) is 0.154. The van der Waals surface area contributed by atoms with Crippen molar-refractivity contribution in [1.82, 2.24) is 9.46 Å². The standard InChI is InChI=1S/C26H25N3O4S/c1-18-9-10-21(15-19(18)2)25-16-24(28-33-25)26(30)27-22-11-13-23(14-12-22)34(31,32)29(3)17-20-7-5-4-6-8-20/h4-16H,17H2,1-3H3,(H,27,30). The molecule has 0 radical (unpaired) electrons. The molecule has 1 heterocycles. The van der Waals surface area contributed by atoms with Crippen molar-refractivity contribution in [2.45, 2.75) is 25.3 Å². The first kappa shape index (κ1) is 23.4. The summed E-state index contributed by atoms with van der Waals surface area (Å²) in [6.07, 6.45) is 0. The third-order valence-corrected chi connectivity index (χ3v) is 7.42. The van der Waals surface area contributed by atoms with E-state index in [-0.39, 0.29) is 17.1 Å². The smallest absolute Gasteiger partial charge is 0.277 e. The molecule has 4 aromatic rings. The molecule has 8 heteroatoms. The lowest BCUT2D eigenvalue weighted by molar-refractivity contribution is 0.101. The minimum absolute atomic E-state index is 0.132. The Morgan fingerprint density at radius 2 is 1.65 bits per heavy atom. The molecule has 34 heavy (non-hydrogen) atoms. The van der Waals surface area contributed by atoms with Gasteiger partial charge in [0, 0.05) is 30.9 Å². The highest BCUT2D eigenvalue weighted by Gasteiger charge is 2.21. The summed E-state index contributed by atoms with van der Waals surface area (Å²) in [6.45, 7) is 4.29. The molecule has 0 unspecified atom stereocenters. The molecule has 0 saturated heterocycles. The van der Waals surface area contributed by atoms with Gasteiger partial charge in [0.2, 0.25) is 10.0 Å². The third kappa shape index (κ3) is 5.08. The lowest BCUT2D eigenvalue weighted by atomic mass is 10.0. The van der Waals surface area contributed by atoms with E-state index in [0.717, 1.165) is 22.3 Å². The van der Waals surface area contributed by atoms with Crippen molar-refractivity contribution in [1.29, 1.82) is 0 Å². The molecule has 0 bridgehead atoms. The molecular weight excluding hydrogens is 450 g/mol. The van der Waals surface area contributed by atoms with Crippen LogP contribution in [0.1, 0.15) is 27.2 Å². The highest BCUT2D eigenvalue weighted by molar-refractivity contribution is 7.89. The van der Waals surface area contributed by atoms with E-state index >= 15 is 0 Å². The Morgan fingerprint density at radius 1 is 0.941 bits per heavy atom. The molecule has 1 N–H and O–H groups in total. The van der Waals surface area contributed by atoms with Gasteiger partial charge in [0.1, 0.15) is 0 Å². The summed E-state index contributed by atoms with van der Waals surface area (Å²) in [6, 6.07) is 22.9. The third-order valence-electron chi connectivity index (χ3n) is 5.60. The Bertz CT molecular complexity index is 1410. The Kier molecular flexibility index (Phi) is 6.63. The summed E-state index contributed by atoms with van der Waals surface area (Å²) in [5.74, 6) is 0.0479. The van der Waals surface area contributed by atoms with Gasteiger partial charge in [0.25, 0.3) is 5.91 Å². The van der Waals surface area contributed by atoms with E-state index in [0.29, 0.717) is 11.4 Å². The van der Waals surface area contributed by atoms with E-state index in [1.165, 1.54) is 23.5 Å². The minimum atomic E-state index is -3.68. The van der Waals surface area contributed by atoms with Crippen LogP contribution in [0.3, 0.4) is 0 Å². The van der Waals surface area contributed by atoms with E-state index in [2.05, 4.69) is 10.5 Å². The molecule has 1 amide bonds. The molecule has 0 aliphatic rings. The van der Waals surface area contributed by atoms with Crippen LogP contribution in [0.15, 0.2) is 88.3 Å². The van der Waals surface area contributed by atoms with Crippen LogP contribution in [-0.2, 0) is 16.6 Å².